The minimum absolute atomic E-state index is 0.204. The Morgan fingerprint density at radius 2 is 2.27 bits per heavy atom. The van der Waals surface area contributed by atoms with Gasteiger partial charge < -0.3 is 11.1 Å². The van der Waals surface area contributed by atoms with Crippen LogP contribution in [0.5, 0.6) is 0 Å². The Labute approximate surface area is 68.8 Å². The summed E-state index contributed by atoms with van der Waals surface area (Å²) < 4.78 is 0. The molecule has 1 aromatic rings. The predicted molar refractivity (Wildman–Crippen MR) is 43.6 cm³/mol. The van der Waals surface area contributed by atoms with Crippen LogP contribution < -0.4 is 11.1 Å². The fourth-order valence-electron chi connectivity index (χ4n) is 1.17. The van der Waals surface area contributed by atoms with Crippen LogP contribution in [0.1, 0.15) is 5.56 Å². The van der Waals surface area contributed by atoms with Crippen molar-refractivity contribution in [3.05, 3.63) is 10.8 Å². The summed E-state index contributed by atoms with van der Waals surface area (Å²) in [4.78, 5) is 7.82. The van der Waals surface area contributed by atoms with Crippen molar-refractivity contribution in [3.63, 3.8) is 0 Å². The molecular formula is C6H7ClN4. The van der Waals surface area contributed by atoms with Crippen molar-refractivity contribution in [2.24, 2.45) is 0 Å². The predicted octanol–water partition coefficient (Wildman–Crippen LogP) is 0.680. The van der Waals surface area contributed by atoms with E-state index in [-0.39, 0.29) is 5.28 Å². The molecule has 11 heavy (non-hydrogen) atoms. The number of fused-ring (bicyclic) bond motifs is 1. The fraction of sp³-hybridized carbons (Fsp3) is 0.333. The Morgan fingerprint density at radius 3 is 3.09 bits per heavy atom. The standard InChI is InChI=1S/C6H7ClN4/c7-6-10-4(8)3-1-2-9-5(3)11-6/h1-2H2,(H3,8,9,10,11). The minimum Gasteiger partial charge on any atom is -0.383 e. The minimum atomic E-state index is 0.204. The van der Waals surface area contributed by atoms with Crippen LogP contribution in [0.3, 0.4) is 0 Å². The molecule has 0 aliphatic carbocycles. The number of hydrogen-bond acceptors (Lipinski definition) is 4. The zero-order chi connectivity index (χ0) is 7.84. The molecule has 2 rings (SSSR count). The van der Waals surface area contributed by atoms with Gasteiger partial charge in [0.2, 0.25) is 5.28 Å². The second-order valence-electron chi connectivity index (χ2n) is 2.38. The first kappa shape index (κ1) is 6.67. The summed E-state index contributed by atoms with van der Waals surface area (Å²) in [5.41, 5.74) is 6.58. The Hall–Kier alpha value is -1.03. The van der Waals surface area contributed by atoms with Gasteiger partial charge in [0, 0.05) is 12.1 Å². The fourth-order valence-corrected chi connectivity index (χ4v) is 1.35. The van der Waals surface area contributed by atoms with Gasteiger partial charge in [-0.3, -0.25) is 0 Å². The van der Waals surface area contributed by atoms with Crippen LogP contribution in [0, 0.1) is 0 Å². The quantitative estimate of drug-likeness (QED) is 0.562. The summed E-state index contributed by atoms with van der Waals surface area (Å²) in [6.07, 6.45) is 0.887. The molecule has 0 aromatic carbocycles. The first-order valence-corrected chi connectivity index (χ1v) is 3.71. The smallest absolute Gasteiger partial charge is 0.226 e. The lowest BCUT2D eigenvalue weighted by molar-refractivity contribution is 1.09. The Morgan fingerprint density at radius 1 is 1.45 bits per heavy atom. The molecule has 0 amide bonds. The van der Waals surface area contributed by atoms with Crippen LogP contribution in [0.25, 0.3) is 0 Å². The molecular weight excluding hydrogens is 164 g/mol. The van der Waals surface area contributed by atoms with Crippen LogP contribution in [-0.2, 0) is 6.42 Å². The summed E-state index contributed by atoms with van der Waals surface area (Å²) in [6.45, 7) is 0.870. The molecule has 0 atom stereocenters. The normalized spacial score (nSPS) is 14.3. The molecule has 4 nitrogen and oxygen atoms in total. The third-order valence-corrected chi connectivity index (χ3v) is 1.85. The highest BCUT2D eigenvalue weighted by atomic mass is 35.5. The molecule has 0 spiro atoms. The molecule has 0 radical (unpaired) electrons. The monoisotopic (exact) mass is 170 g/mol. The van der Waals surface area contributed by atoms with E-state index in [1.165, 1.54) is 0 Å². The maximum Gasteiger partial charge on any atom is 0.226 e. The van der Waals surface area contributed by atoms with Gasteiger partial charge in [-0.15, -0.1) is 0 Å². The van der Waals surface area contributed by atoms with Gasteiger partial charge in [-0.2, -0.15) is 0 Å². The Bertz CT molecular complexity index is 299. The molecule has 0 unspecified atom stereocenters. The van der Waals surface area contributed by atoms with Crippen molar-refractivity contribution in [2.75, 3.05) is 17.6 Å². The Kier molecular flexibility index (Phi) is 1.35. The molecule has 0 saturated carbocycles. The number of hydrogen-bond donors (Lipinski definition) is 2. The van der Waals surface area contributed by atoms with Crippen LogP contribution in [0.2, 0.25) is 5.28 Å². The third-order valence-electron chi connectivity index (χ3n) is 1.68. The summed E-state index contributed by atoms with van der Waals surface area (Å²) in [5, 5.41) is 3.27. The van der Waals surface area contributed by atoms with Crippen molar-refractivity contribution in [3.8, 4) is 0 Å². The Balaban J connectivity index is 2.60. The van der Waals surface area contributed by atoms with Crippen molar-refractivity contribution >= 4 is 23.2 Å². The van der Waals surface area contributed by atoms with E-state index in [0.29, 0.717) is 5.82 Å². The van der Waals surface area contributed by atoms with Crippen molar-refractivity contribution in [1.82, 2.24) is 9.97 Å². The molecule has 3 N–H and O–H groups in total. The van der Waals surface area contributed by atoms with Crippen LogP contribution in [0.4, 0.5) is 11.6 Å². The number of rotatable bonds is 0. The summed E-state index contributed by atoms with van der Waals surface area (Å²) >= 11 is 5.59. The highest BCUT2D eigenvalue weighted by Crippen LogP contribution is 2.24. The summed E-state index contributed by atoms with van der Waals surface area (Å²) in [5.74, 6) is 1.27. The van der Waals surface area contributed by atoms with E-state index in [1.807, 2.05) is 0 Å². The molecule has 0 bridgehead atoms. The lowest BCUT2D eigenvalue weighted by Gasteiger charge is -2.00. The molecule has 1 aromatic heterocycles. The van der Waals surface area contributed by atoms with E-state index in [4.69, 9.17) is 17.3 Å². The van der Waals surface area contributed by atoms with Crippen molar-refractivity contribution in [1.29, 1.82) is 0 Å². The second kappa shape index (κ2) is 2.23. The third kappa shape index (κ3) is 0.991. The van der Waals surface area contributed by atoms with E-state index in [9.17, 15) is 0 Å². The number of halogens is 1. The average molecular weight is 171 g/mol. The second-order valence-corrected chi connectivity index (χ2v) is 2.72. The molecule has 1 aliphatic rings. The SMILES string of the molecule is Nc1nc(Cl)nc2c1CCN2. The molecule has 0 fully saturated rings. The molecule has 2 heterocycles. The lowest BCUT2D eigenvalue weighted by Crippen LogP contribution is -1.98. The average Bonchev–Trinajstić information content (AvgIpc) is 2.34. The molecule has 0 saturated heterocycles. The van der Waals surface area contributed by atoms with Gasteiger partial charge in [0.15, 0.2) is 0 Å². The van der Waals surface area contributed by atoms with E-state index in [0.717, 1.165) is 24.3 Å². The van der Waals surface area contributed by atoms with Gasteiger partial charge in [-0.05, 0) is 18.0 Å². The van der Waals surface area contributed by atoms with E-state index in [1.54, 1.807) is 0 Å². The zero-order valence-corrected chi connectivity index (χ0v) is 6.52. The van der Waals surface area contributed by atoms with Gasteiger partial charge in [0.25, 0.3) is 0 Å². The maximum absolute atomic E-state index is 5.60. The summed E-state index contributed by atoms with van der Waals surface area (Å²) in [7, 11) is 0. The lowest BCUT2D eigenvalue weighted by atomic mass is 10.2. The molecule has 5 heteroatoms. The number of nitrogens with two attached hydrogens (primary N) is 1. The number of nitrogens with one attached hydrogen (secondary N) is 1. The first-order chi connectivity index (χ1) is 5.27. The molecule has 58 valence electrons. The highest BCUT2D eigenvalue weighted by Gasteiger charge is 2.15. The van der Waals surface area contributed by atoms with Crippen LogP contribution >= 0.6 is 11.6 Å². The topological polar surface area (TPSA) is 63.8 Å². The van der Waals surface area contributed by atoms with Crippen LogP contribution in [-0.4, -0.2) is 16.5 Å². The molecule has 1 aliphatic heterocycles. The van der Waals surface area contributed by atoms with Crippen LogP contribution in [0.15, 0.2) is 0 Å². The number of nitrogen functional groups attached to an aromatic ring is 1. The van der Waals surface area contributed by atoms with Gasteiger partial charge >= 0.3 is 0 Å². The highest BCUT2D eigenvalue weighted by molar-refractivity contribution is 6.28. The number of nitrogens with zero attached hydrogens (tertiary/aromatic N) is 2. The maximum atomic E-state index is 5.60. The summed E-state index contributed by atoms with van der Waals surface area (Å²) in [6, 6.07) is 0. The number of aromatic nitrogens is 2. The van der Waals surface area contributed by atoms with Gasteiger partial charge in [-0.25, -0.2) is 9.97 Å². The number of anilines is 2. The zero-order valence-electron chi connectivity index (χ0n) is 5.76. The van der Waals surface area contributed by atoms with Gasteiger partial charge in [0.1, 0.15) is 11.6 Å². The van der Waals surface area contributed by atoms with Crippen molar-refractivity contribution in [2.45, 2.75) is 6.42 Å². The largest absolute Gasteiger partial charge is 0.383 e. The van der Waals surface area contributed by atoms with E-state index >= 15 is 0 Å². The van der Waals surface area contributed by atoms with Gasteiger partial charge in [-0.1, -0.05) is 0 Å². The first-order valence-electron chi connectivity index (χ1n) is 3.33. The van der Waals surface area contributed by atoms with E-state index in [2.05, 4.69) is 15.3 Å². The van der Waals surface area contributed by atoms with Gasteiger partial charge in [0.05, 0.1) is 0 Å². The van der Waals surface area contributed by atoms with E-state index < -0.39 is 0 Å². The van der Waals surface area contributed by atoms with Crippen molar-refractivity contribution < 1.29 is 0 Å².